The molecule has 52 valence electrons. The van der Waals surface area contributed by atoms with Gasteiger partial charge in [0.2, 0.25) is 0 Å². The van der Waals surface area contributed by atoms with E-state index in [1.54, 1.807) is 0 Å². The lowest BCUT2D eigenvalue weighted by atomic mass is 9.99. The molecule has 2 atom stereocenters. The van der Waals surface area contributed by atoms with Gasteiger partial charge in [-0.25, -0.2) is 0 Å². The first-order valence-corrected chi connectivity index (χ1v) is 3.54. The number of Topliss-reactive ketones (excluding diaryl/α,β-unsaturated/α-hetero) is 1. The number of ketones is 1. The van der Waals surface area contributed by atoms with Gasteiger partial charge in [0.25, 0.3) is 0 Å². The molecule has 1 saturated heterocycles. The summed E-state index contributed by atoms with van der Waals surface area (Å²) < 4.78 is 0. The maximum Gasteiger partial charge on any atom is 0.146 e. The summed E-state index contributed by atoms with van der Waals surface area (Å²) in [5.41, 5.74) is 0. The lowest BCUT2D eigenvalue weighted by Gasteiger charge is -2.22. The van der Waals surface area contributed by atoms with E-state index >= 15 is 0 Å². The van der Waals surface area contributed by atoms with E-state index < -0.39 is 0 Å². The van der Waals surface area contributed by atoms with Crippen LogP contribution in [-0.2, 0) is 4.79 Å². The van der Waals surface area contributed by atoms with Crippen molar-refractivity contribution in [2.75, 3.05) is 20.1 Å². The summed E-state index contributed by atoms with van der Waals surface area (Å²) in [6.45, 7) is 4.08. The Morgan fingerprint density at radius 3 is 2.78 bits per heavy atom. The van der Waals surface area contributed by atoms with Gasteiger partial charge >= 0.3 is 0 Å². The molecule has 1 aliphatic heterocycles. The Balaban J connectivity index is 2.44. The third-order valence-corrected chi connectivity index (χ3v) is 2.00. The summed E-state index contributed by atoms with van der Waals surface area (Å²) in [6.07, 6.45) is 0.785. The van der Waals surface area contributed by atoms with Crippen molar-refractivity contribution in [2.24, 2.45) is 5.92 Å². The maximum atomic E-state index is 10.9. The minimum absolute atomic E-state index is 0.304. The second-order valence-electron chi connectivity index (χ2n) is 3.03. The van der Waals surface area contributed by atoms with Crippen LogP contribution in [0.3, 0.4) is 0 Å². The molecule has 2 nitrogen and oxygen atoms in total. The summed E-state index contributed by atoms with van der Waals surface area (Å²) in [6, 6.07) is 0. The maximum absolute atomic E-state index is 10.9. The third-order valence-electron chi connectivity index (χ3n) is 2.00. The highest BCUT2D eigenvalue weighted by atomic mass is 16.1. The number of nitrogens with one attached hydrogen (secondary N) is 1. The summed E-state index contributed by atoms with van der Waals surface area (Å²) in [7, 11) is 2.14. The third kappa shape index (κ3) is 1.52. The van der Waals surface area contributed by atoms with Gasteiger partial charge in [-0.15, -0.1) is 0 Å². The van der Waals surface area contributed by atoms with E-state index in [-0.39, 0.29) is 0 Å². The topological polar surface area (TPSA) is 21.5 Å². The van der Waals surface area contributed by atoms with Crippen LogP contribution in [0.4, 0.5) is 0 Å². The zero-order valence-corrected chi connectivity index (χ0v) is 6.11. The van der Waals surface area contributed by atoms with Crippen LogP contribution in [-0.4, -0.2) is 25.9 Å². The van der Waals surface area contributed by atoms with Gasteiger partial charge in [0.05, 0.1) is 32.5 Å². The van der Waals surface area contributed by atoms with Crippen LogP contribution in [0, 0.1) is 5.92 Å². The minimum atomic E-state index is 0.304. The predicted octanol–water partition coefficient (Wildman–Crippen LogP) is -0.890. The number of carbonyl (C=O) groups excluding carboxylic acids is 1. The number of hydrogen-bond acceptors (Lipinski definition) is 1. The monoisotopic (exact) mass is 128 g/mol. The molecule has 0 aliphatic carbocycles. The van der Waals surface area contributed by atoms with Crippen molar-refractivity contribution in [3.8, 4) is 0 Å². The largest absolute Gasteiger partial charge is 0.336 e. The van der Waals surface area contributed by atoms with Crippen molar-refractivity contribution < 1.29 is 9.69 Å². The van der Waals surface area contributed by atoms with Gasteiger partial charge in [0.1, 0.15) is 5.78 Å². The van der Waals surface area contributed by atoms with Gasteiger partial charge in [-0.3, -0.25) is 4.79 Å². The van der Waals surface area contributed by atoms with Gasteiger partial charge < -0.3 is 4.90 Å². The quantitative estimate of drug-likeness (QED) is 0.449. The molecular formula is C7H14NO+. The van der Waals surface area contributed by atoms with Crippen molar-refractivity contribution in [1.29, 1.82) is 0 Å². The van der Waals surface area contributed by atoms with Crippen molar-refractivity contribution in [2.45, 2.75) is 13.3 Å². The fraction of sp³-hybridized carbons (Fsp3) is 0.857. The first kappa shape index (κ1) is 6.75. The summed E-state index contributed by atoms with van der Waals surface area (Å²) in [5.74, 6) is 0.749. The van der Waals surface area contributed by atoms with Crippen molar-refractivity contribution in [3.63, 3.8) is 0 Å². The van der Waals surface area contributed by atoms with Crippen LogP contribution >= 0.6 is 0 Å². The Bertz CT molecular complexity index is 122. The molecule has 0 aromatic heterocycles. The number of carbonyl (C=O) groups is 1. The number of rotatable bonds is 0. The molecule has 1 aliphatic rings. The number of quaternary nitrogens is 1. The second-order valence-corrected chi connectivity index (χ2v) is 3.03. The van der Waals surface area contributed by atoms with Crippen LogP contribution < -0.4 is 4.90 Å². The van der Waals surface area contributed by atoms with Crippen LogP contribution in [0.15, 0.2) is 0 Å². The number of hydrogen-bond donors (Lipinski definition) is 1. The average Bonchev–Trinajstić information content (AvgIpc) is 1.80. The zero-order valence-electron chi connectivity index (χ0n) is 6.11. The Morgan fingerprint density at radius 1 is 1.67 bits per heavy atom. The van der Waals surface area contributed by atoms with Gasteiger partial charge in [-0.1, -0.05) is 6.92 Å². The molecule has 0 bridgehead atoms. The highest BCUT2D eigenvalue weighted by Gasteiger charge is 2.23. The average molecular weight is 128 g/mol. The van der Waals surface area contributed by atoms with E-state index in [4.69, 9.17) is 0 Å². The molecule has 1 heterocycles. The fourth-order valence-electron chi connectivity index (χ4n) is 1.32. The van der Waals surface area contributed by atoms with E-state index in [1.165, 1.54) is 4.90 Å². The molecule has 9 heavy (non-hydrogen) atoms. The first-order chi connectivity index (χ1) is 4.20. The van der Waals surface area contributed by atoms with Crippen LogP contribution in [0.1, 0.15) is 13.3 Å². The Kier molecular flexibility index (Phi) is 1.86. The van der Waals surface area contributed by atoms with Gasteiger partial charge in [0.15, 0.2) is 0 Å². The number of likely N-dealkylation sites (tertiary alicyclic amines) is 1. The second kappa shape index (κ2) is 2.48. The molecule has 1 N–H and O–H groups in total. The first-order valence-electron chi connectivity index (χ1n) is 3.54. The summed E-state index contributed by atoms with van der Waals surface area (Å²) in [5, 5.41) is 0. The number of piperidine rings is 1. The summed E-state index contributed by atoms with van der Waals surface area (Å²) >= 11 is 0. The Morgan fingerprint density at radius 2 is 2.33 bits per heavy atom. The van der Waals surface area contributed by atoms with Crippen molar-refractivity contribution in [3.05, 3.63) is 0 Å². The van der Waals surface area contributed by atoms with Crippen LogP contribution in [0.5, 0.6) is 0 Å². The van der Waals surface area contributed by atoms with Crippen LogP contribution in [0.2, 0.25) is 0 Å². The molecular weight excluding hydrogens is 114 g/mol. The van der Waals surface area contributed by atoms with E-state index in [1.807, 2.05) is 6.92 Å². The predicted molar refractivity (Wildman–Crippen MR) is 35.4 cm³/mol. The SMILES string of the molecule is C[C@H]1C[NH+](C)CCC1=O. The smallest absolute Gasteiger partial charge is 0.146 e. The standard InChI is InChI=1S/C7H13NO/c1-6-5-8(2)4-3-7(6)9/h6H,3-5H2,1-2H3/p+1/t6-/m0/s1. The van der Waals surface area contributed by atoms with Crippen molar-refractivity contribution in [1.82, 2.24) is 0 Å². The molecule has 0 saturated carbocycles. The van der Waals surface area contributed by atoms with Gasteiger partial charge in [-0.05, 0) is 0 Å². The Labute approximate surface area is 55.8 Å². The van der Waals surface area contributed by atoms with E-state index in [0.29, 0.717) is 11.7 Å². The zero-order chi connectivity index (χ0) is 6.85. The minimum Gasteiger partial charge on any atom is -0.336 e. The fourth-order valence-corrected chi connectivity index (χ4v) is 1.32. The highest BCUT2D eigenvalue weighted by Crippen LogP contribution is 1.99. The normalized spacial score (nSPS) is 36.9. The lowest BCUT2D eigenvalue weighted by Crippen LogP contribution is -3.11. The molecule has 1 fully saturated rings. The van der Waals surface area contributed by atoms with Crippen molar-refractivity contribution >= 4 is 5.78 Å². The van der Waals surface area contributed by atoms with E-state index in [9.17, 15) is 4.79 Å². The van der Waals surface area contributed by atoms with Gasteiger partial charge in [-0.2, -0.15) is 0 Å². The lowest BCUT2D eigenvalue weighted by molar-refractivity contribution is -0.884. The molecule has 0 aromatic carbocycles. The molecule has 0 radical (unpaired) electrons. The van der Waals surface area contributed by atoms with E-state index in [0.717, 1.165) is 19.5 Å². The molecule has 0 amide bonds. The van der Waals surface area contributed by atoms with Crippen LogP contribution in [0.25, 0.3) is 0 Å². The molecule has 2 heteroatoms. The molecule has 1 rings (SSSR count). The highest BCUT2D eigenvalue weighted by molar-refractivity contribution is 5.81. The molecule has 1 unspecified atom stereocenters. The Hall–Kier alpha value is -0.370. The molecule has 0 aromatic rings. The van der Waals surface area contributed by atoms with Gasteiger partial charge in [0, 0.05) is 0 Å². The van der Waals surface area contributed by atoms with E-state index in [2.05, 4.69) is 7.05 Å². The summed E-state index contributed by atoms with van der Waals surface area (Å²) in [4.78, 5) is 12.4. The molecule has 0 spiro atoms.